The van der Waals surface area contributed by atoms with Crippen LogP contribution in [0.2, 0.25) is 5.02 Å². The van der Waals surface area contributed by atoms with E-state index in [1.165, 1.54) is 6.20 Å². The van der Waals surface area contributed by atoms with E-state index in [-0.39, 0.29) is 11.7 Å². The first kappa shape index (κ1) is 11.2. The molecule has 2 rings (SSSR count). The molecule has 16 heavy (non-hydrogen) atoms. The Morgan fingerprint density at radius 2 is 2.38 bits per heavy atom. The quantitative estimate of drug-likeness (QED) is 0.877. The van der Waals surface area contributed by atoms with Gasteiger partial charge in [-0.1, -0.05) is 11.6 Å². The molecule has 0 aliphatic heterocycles. The molecular formula is C11H14ClN3O. The van der Waals surface area contributed by atoms with E-state index in [9.17, 15) is 4.79 Å². The highest BCUT2D eigenvalue weighted by molar-refractivity contribution is 6.33. The van der Waals surface area contributed by atoms with Gasteiger partial charge in [-0.25, -0.2) is 4.98 Å². The number of pyridine rings is 1. The zero-order valence-corrected chi connectivity index (χ0v) is 9.87. The van der Waals surface area contributed by atoms with Crippen LogP contribution in [0.5, 0.6) is 0 Å². The molecule has 0 saturated heterocycles. The summed E-state index contributed by atoms with van der Waals surface area (Å²) in [5.41, 5.74) is 6.01. The van der Waals surface area contributed by atoms with E-state index >= 15 is 0 Å². The third kappa shape index (κ3) is 2.11. The number of halogens is 1. The first-order valence-electron chi connectivity index (χ1n) is 5.35. The van der Waals surface area contributed by atoms with E-state index < -0.39 is 0 Å². The summed E-state index contributed by atoms with van der Waals surface area (Å²) in [5.74, 6) is 0.243. The molecule has 86 valence electrons. The molecule has 0 spiro atoms. The number of hydrogen-bond acceptors (Lipinski definition) is 3. The van der Waals surface area contributed by atoms with Gasteiger partial charge in [0.15, 0.2) is 0 Å². The number of anilines is 1. The smallest absolute Gasteiger partial charge is 0.255 e. The summed E-state index contributed by atoms with van der Waals surface area (Å²) in [6.07, 6.45) is 3.67. The highest BCUT2D eigenvalue weighted by Gasteiger charge is 2.32. The van der Waals surface area contributed by atoms with Crippen molar-refractivity contribution in [2.45, 2.75) is 25.8 Å². The summed E-state index contributed by atoms with van der Waals surface area (Å²) in [6, 6.07) is 1.98. The highest BCUT2D eigenvalue weighted by Crippen LogP contribution is 2.28. The van der Waals surface area contributed by atoms with Crippen molar-refractivity contribution in [3.8, 4) is 0 Å². The SMILES string of the molecule is CCN(C(=O)c1cnc(N)c(Cl)c1)C1CC1. The molecule has 1 aliphatic carbocycles. The van der Waals surface area contributed by atoms with Crippen LogP contribution in [0.4, 0.5) is 5.82 Å². The standard InChI is InChI=1S/C11H14ClN3O/c1-2-15(8-3-4-8)11(16)7-5-9(12)10(13)14-6-7/h5-6,8H,2-4H2,1H3,(H2,13,14). The maximum atomic E-state index is 12.1. The number of nitrogen functional groups attached to an aromatic ring is 1. The third-order valence-corrected chi connectivity index (χ3v) is 3.01. The summed E-state index contributed by atoms with van der Waals surface area (Å²) in [4.78, 5) is 17.9. The van der Waals surface area contributed by atoms with Crippen LogP contribution in [0.25, 0.3) is 0 Å². The normalized spacial score (nSPS) is 14.9. The van der Waals surface area contributed by atoms with Gasteiger partial charge >= 0.3 is 0 Å². The molecule has 0 radical (unpaired) electrons. The molecule has 5 heteroatoms. The first-order chi connectivity index (χ1) is 7.63. The second kappa shape index (κ2) is 4.29. The molecule has 1 fully saturated rings. The fraction of sp³-hybridized carbons (Fsp3) is 0.455. The molecule has 0 aromatic carbocycles. The lowest BCUT2D eigenvalue weighted by Crippen LogP contribution is -2.32. The molecule has 2 N–H and O–H groups in total. The van der Waals surface area contributed by atoms with Crippen molar-refractivity contribution >= 4 is 23.3 Å². The molecule has 1 aromatic rings. The van der Waals surface area contributed by atoms with Crippen LogP contribution in [0.15, 0.2) is 12.3 Å². The van der Waals surface area contributed by atoms with Gasteiger partial charge in [-0.15, -0.1) is 0 Å². The van der Waals surface area contributed by atoms with E-state index in [1.807, 2.05) is 11.8 Å². The van der Waals surface area contributed by atoms with Crippen LogP contribution in [-0.2, 0) is 0 Å². The van der Waals surface area contributed by atoms with E-state index in [0.29, 0.717) is 23.2 Å². The summed E-state index contributed by atoms with van der Waals surface area (Å²) in [7, 11) is 0. The molecule has 4 nitrogen and oxygen atoms in total. The Balaban J connectivity index is 2.22. The predicted molar refractivity (Wildman–Crippen MR) is 63.4 cm³/mol. The van der Waals surface area contributed by atoms with Crippen LogP contribution < -0.4 is 5.73 Å². The van der Waals surface area contributed by atoms with E-state index in [2.05, 4.69) is 4.98 Å². The van der Waals surface area contributed by atoms with Crippen molar-refractivity contribution in [1.29, 1.82) is 0 Å². The lowest BCUT2D eigenvalue weighted by Gasteiger charge is -2.20. The summed E-state index contributed by atoms with van der Waals surface area (Å²) >= 11 is 5.84. The summed E-state index contributed by atoms with van der Waals surface area (Å²) in [6.45, 7) is 2.69. The molecule has 0 atom stereocenters. The number of carbonyl (C=O) groups is 1. The summed E-state index contributed by atoms with van der Waals surface area (Å²) in [5, 5.41) is 0.331. The number of aromatic nitrogens is 1. The summed E-state index contributed by atoms with van der Waals surface area (Å²) < 4.78 is 0. The lowest BCUT2D eigenvalue weighted by molar-refractivity contribution is 0.0752. The minimum Gasteiger partial charge on any atom is -0.382 e. The second-order valence-corrected chi connectivity index (χ2v) is 4.32. The number of nitrogens with two attached hydrogens (primary N) is 1. The van der Waals surface area contributed by atoms with Crippen LogP contribution in [0.3, 0.4) is 0 Å². The number of carbonyl (C=O) groups excluding carboxylic acids is 1. The Kier molecular flexibility index (Phi) is 3.01. The first-order valence-corrected chi connectivity index (χ1v) is 5.73. The minimum atomic E-state index is -0.0144. The molecule has 1 amide bonds. The van der Waals surface area contributed by atoms with Gasteiger partial charge in [-0.3, -0.25) is 4.79 Å². The zero-order chi connectivity index (χ0) is 11.7. The number of amides is 1. The molecule has 1 saturated carbocycles. The van der Waals surface area contributed by atoms with Crippen LogP contribution >= 0.6 is 11.6 Å². The average molecular weight is 240 g/mol. The monoisotopic (exact) mass is 239 g/mol. The fourth-order valence-corrected chi connectivity index (χ4v) is 1.85. The van der Waals surface area contributed by atoms with Gasteiger partial charge in [0.05, 0.1) is 10.6 Å². The van der Waals surface area contributed by atoms with Crippen molar-refractivity contribution in [2.24, 2.45) is 0 Å². The van der Waals surface area contributed by atoms with E-state index in [0.717, 1.165) is 12.8 Å². The Labute approximate surface area is 99.4 Å². The van der Waals surface area contributed by atoms with Crippen molar-refractivity contribution in [2.75, 3.05) is 12.3 Å². The van der Waals surface area contributed by atoms with Gasteiger partial charge in [0.1, 0.15) is 5.82 Å². The zero-order valence-electron chi connectivity index (χ0n) is 9.11. The van der Waals surface area contributed by atoms with Crippen molar-refractivity contribution in [3.63, 3.8) is 0 Å². The van der Waals surface area contributed by atoms with Gasteiger partial charge in [-0.2, -0.15) is 0 Å². The molecule has 0 unspecified atom stereocenters. The van der Waals surface area contributed by atoms with Crippen LogP contribution in [-0.4, -0.2) is 28.4 Å². The fourth-order valence-electron chi connectivity index (χ4n) is 1.69. The lowest BCUT2D eigenvalue weighted by atomic mass is 10.2. The highest BCUT2D eigenvalue weighted by atomic mass is 35.5. The van der Waals surface area contributed by atoms with E-state index in [1.54, 1.807) is 6.07 Å². The van der Waals surface area contributed by atoms with Crippen molar-refractivity contribution in [3.05, 3.63) is 22.8 Å². The Bertz CT molecular complexity index is 418. The van der Waals surface area contributed by atoms with Gasteiger partial charge in [0.25, 0.3) is 5.91 Å². The van der Waals surface area contributed by atoms with Gasteiger partial charge in [0, 0.05) is 18.8 Å². The molecule has 1 heterocycles. The Hall–Kier alpha value is -1.29. The molecule has 0 bridgehead atoms. The van der Waals surface area contributed by atoms with Crippen molar-refractivity contribution < 1.29 is 4.79 Å². The minimum absolute atomic E-state index is 0.0144. The van der Waals surface area contributed by atoms with Crippen LogP contribution in [0, 0.1) is 0 Å². The molecule has 1 aromatic heterocycles. The maximum absolute atomic E-state index is 12.1. The van der Waals surface area contributed by atoms with Gasteiger partial charge in [0.2, 0.25) is 0 Å². The number of rotatable bonds is 3. The average Bonchev–Trinajstić information content (AvgIpc) is 3.07. The third-order valence-electron chi connectivity index (χ3n) is 2.71. The topological polar surface area (TPSA) is 59.2 Å². The number of nitrogens with zero attached hydrogens (tertiary/aromatic N) is 2. The second-order valence-electron chi connectivity index (χ2n) is 3.91. The predicted octanol–water partition coefficient (Wildman–Crippen LogP) is 1.94. The Morgan fingerprint density at radius 3 is 2.88 bits per heavy atom. The largest absolute Gasteiger partial charge is 0.382 e. The number of hydrogen-bond donors (Lipinski definition) is 1. The van der Waals surface area contributed by atoms with Crippen molar-refractivity contribution in [1.82, 2.24) is 9.88 Å². The van der Waals surface area contributed by atoms with Gasteiger partial charge < -0.3 is 10.6 Å². The molecular weight excluding hydrogens is 226 g/mol. The van der Waals surface area contributed by atoms with Gasteiger partial charge in [-0.05, 0) is 25.8 Å². The van der Waals surface area contributed by atoms with E-state index in [4.69, 9.17) is 17.3 Å². The Morgan fingerprint density at radius 1 is 1.69 bits per heavy atom. The maximum Gasteiger partial charge on any atom is 0.255 e. The van der Waals surface area contributed by atoms with Crippen LogP contribution in [0.1, 0.15) is 30.1 Å². The molecule has 1 aliphatic rings.